The number of likely N-dealkylation sites (tertiary alicyclic amines) is 1. The van der Waals surface area contributed by atoms with Gasteiger partial charge in [0.05, 0.1) is 6.54 Å². The smallest absolute Gasteiger partial charge is 0.317 e. The molecule has 0 unspecified atom stereocenters. The first-order valence-corrected chi connectivity index (χ1v) is 9.01. The topological polar surface area (TPSA) is 79.8 Å². The third kappa shape index (κ3) is 4.94. The van der Waals surface area contributed by atoms with E-state index in [9.17, 15) is 4.79 Å². The summed E-state index contributed by atoms with van der Waals surface area (Å²) in [5.74, 6) is 1.51. The summed E-state index contributed by atoms with van der Waals surface area (Å²) in [6.45, 7) is 4.64. The zero-order chi connectivity index (χ0) is 17.5. The molecule has 1 atom stereocenters. The maximum Gasteiger partial charge on any atom is 0.317 e. The highest BCUT2D eigenvalue weighted by molar-refractivity contribution is 5.74. The number of nitrogens with zero attached hydrogens (tertiary/aromatic N) is 4. The molecule has 1 aromatic rings. The van der Waals surface area contributed by atoms with Crippen LogP contribution in [0, 0.1) is 0 Å². The number of nitrogens with one attached hydrogen (secondary N) is 1. The van der Waals surface area contributed by atoms with Crippen LogP contribution in [0.25, 0.3) is 0 Å². The molecule has 0 aromatic carbocycles. The fourth-order valence-corrected chi connectivity index (χ4v) is 3.22. The van der Waals surface area contributed by atoms with Gasteiger partial charge in [-0.15, -0.1) is 0 Å². The first-order chi connectivity index (χ1) is 12.3. The van der Waals surface area contributed by atoms with Gasteiger partial charge < -0.3 is 24.6 Å². The Hall–Kier alpha value is -2.09. The molecule has 3 heterocycles. The summed E-state index contributed by atoms with van der Waals surface area (Å²) in [5, 5.41) is 2.91. The molecule has 8 nitrogen and oxygen atoms in total. The molecule has 8 heteroatoms. The normalized spacial score (nSPS) is 20.1. The van der Waals surface area contributed by atoms with Crippen LogP contribution in [-0.4, -0.2) is 73.4 Å². The van der Waals surface area contributed by atoms with Crippen LogP contribution in [0.1, 0.15) is 25.7 Å². The highest BCUT2D eigenvalue weighted by Gasteiger charge is 2.28. The number of amides is 2. The van der Waals surface area contributed by atoms with E-state index in [1.165, 1.54) is 12.8 Å². The second-order valence-corrected chi connectivity index (χ2v) is 6.46. The Morgan fingerprint density at radius 3 is 2.96 bits per heavy atom. The van der Waals surface area contributed by atoms with Crippen molar-refractivity contribution in [2.75, 3.05) is 51.3 Å². The Bertz CT molecular complexity index is 565. The maximum absolute atomic E-state index is 12.1. The predicted molar refractivity (Wildman–Crippen MR) is 94.0 cm³/mol. The third-order valence-corrected chi connectivity index (χ3v) is 4.58. The first-order valence-electron chi connectivity index (χ1n) is 9.01. The van der Waals surface area contributed by atoms with Crippen LogP contribution >= 0.6 is 0 Å². The standard InChI is InChI=1S/C17H27N5O3/c1-24-10-4-6-18-17(23)22-9-5-14(12-22)25-16-11-15(19-13-20-16)21-7-2-3-8-21/h11,13-14H,2-10,12H2,1H3,(H,18,23)/t14-/m1/s1. The minimum absolute atomic E-state index is 0.0222. The summed E-state index contributed by atoms with van der Waals surface area (Å²) in [5.41, 5.74) is 0. The molecule has 2 saturated heterocycles. The van der Waals surface area contributed by atoms with Crippen LogP contribution in [0.4, 0.5) is 10.6 Å². The van der Waals surface area contributed by atoms with E-state index in [-0.39, 0.29) is 12.1 Å². The van der Waals surface area contributed by atoms with Gasteiger partial charge in [-0.25, -0.2) is 14.8 Å². The molecule has 0 aliphatic carbocycles. The lowest BCUT2D eigenvalue weighted by molar-refractivity contribution is 0.178. The van der Waals surface area contributed by atoms with Gasteiger partial charge in [0.15, 0.2) is 0 Å². The Labute approximate surface area is 148 Å². The monoisotopic (exact) mass is 349 g/mol. The number of anilines is 1. The summed E-state index contributed by atoms with van der Waals surface area (Å²) >= 11 is 0. The summed E-state index contributed by atoms with van der Waals surface area (Å²) < 4.78 is 11.0. The Kier molecular flexibility index (Phi) is 6.27. The molecular weight excluding hydrogens is 322 g/mol. The van der Waals surface area contributed by atoms with Gasteiger partial charge in [0.2, 0.25) is 5.88 Å². The van der Waals surface area contributed by atoms with Crippen LogP contribution in [0.2, 0.25) is 0 Å². The lowest BCUT2D eigenvalue weighted by Gasteiger charge is -2.19. The minimum atomic E-state index is -0.0392. The summed E-state index contributed by atoms with van der Waals surface area (Å²) in [6, 6.07) is 1.86. The van der Waals surface area contributed by atoms with E-state index in [1.807, 2.05) is 6.07 Å². The number of rotatable bonds is 7. The molecule has 2 aliphatic rings. The van der Waals surface area contributed by atoms with E-state index in [2.05, 4.69) is 20.2 Å². The molecule has 138 valence electrons. The van der Waals surface area contributed by atoms with E-state index in [1.54, 1.807) is 18.3 Å². The number of methoxy groups -OCH3 is 1. The number of carbonyl (C=O) groups excluding carboxylic acids is 1. The van der Waals surface area contributed by atoms with Crippen LogP contribution in [0.3, 0.4) is 0 Å². The third-order valence-electron chi connectivity index (χ3n) is 4.58. The summed E-state index contributed by atoms with van der Waals surface area (Å²) in [4.78, 5) is 24.7. The van der Waals surface area contributed by atoms with Gasteiger partial charge in [-0.3, -0.25) is 0 Å². The number of carbonyl (C=O) groups is 1. The Balaban J connectivity index is 1.46. The van der Waals surface area contributed by atoms with Gasteiger partial charge in [-0.2, -0.15) is 0 Å². The Morgan fingerprint density at radius 2 is 2.16 bits per heavy atom. The van der Waals surface area contributed by atoms with Gasteiger partial charge in [-0.1, -0.05) is 0 Å². The molecule has 0 saturated carbocycles. The van der Waals surface area contributed by atoms with Crippen molar-refractivity contribution in [2.24, 2.45) is 0 Å². The second kappa shape index (κ2) is 8.84. The SMILES string of the molecule is COCCCNC(=O)N1CC[C@@H](Oc2cc(N3CCCC3)ncn2)C1. The van der Waals surface area contributed by atoms with Crippen LogP contribution in [0.5, 0.6) is 5.88 Å². The van der Waals surface area contributed by atoms with Gasteiger partial charge in [-0.05, 0) is 19.3 Å². The van der Waals surface area contributed by atoms with Crippen molar-refractivity contribution in [1.29, 1.82) is 0 Å². The van der Waals surface area contributed by atoms with Gasteiger partial charge in [0.25, 0.3) is 0 Å². The van der Waals surface area contributed by atoms with Gasteiger partial charge in [0, 0.05) is 52.4 Å². The molecule has 0 spiro atoms. The fourth-order valence-electron chi connectivity index (χ4n) is 3.22. The van der Waals surface area contributed by atoms with Crippen molar-refractivity contribution < 1.29 is 14.3 Å². The maximum atomic E-state index is 12.1. The number of hydrogen-bond donors (Lipinski definition) is 1. The lowest BCUT2D eigenvalue weighted by atomic mass is 10.3. The van der Waals surface area contributed by atoms with Crippen molar-refractivity contribution in [2.45, 2.75) is 31.8 Å². The number of ether oxygens (including phenoxy) is 2. The molecule has 25 heavy (non-hydrogen) atoms. The first kappa shape index (κ1) is 17.7. The predicted octanol–water partition coefficient (Wildman–Crippen LogP) is 1.28. The van der Waals surface area contributed by atoms with Crippen LogP contribution in [-0.2, 0) is 4.74 Å². The molecule has 2 fully saturated rings. The molecule has 3 rings (SSSR count). The van der Waals surface area contributed by atoms with E-state index < -0.39 is 0 Å². The van der Waals surface area contributed by atoms with Gasteiger partial charge >= 0.3 is 6.03 Å². The highest BCUT2D eigenvalue weighted by Crippen LogP contribution is 2.22. The van der Waals surface area contributed by atoms with E-state index in [0.29, 0.717) is 32.1 Å². The van der Waals surface area contributed by atoms with E-state index in [0.717, 1.165) is 31.7 Å². The highest BCUT2D eigenvalue weighted by atomic mass is 16.5. The largest absolute Gasteiger partial charge is 0.472 e. The zero-order valence-electron chi connectivity index (χ0n) is 14.8. The summed E-state index contributed by atoms with van der Waals surface area (Å²) in [7, 11) is 1.66. The van der Waals surface area contributed by atoms with Crippen molar-refractivity contribution in [3.63, 3.8) is 0 Å². The lowest BCUT2D eigenvalue weighted by Crippen LogP contribution is -2.40. The minimum Gasteiger partial charge on any atom is -0.472 e. The zero-order valence-corrected chi connectivity index (χ0v) is 14.8. The molecule has 2 amide bonds. The van der Waals surface area contributed by atoms with Crippen LogP contribution in [0.15, 0.2) is 12.4 Å². The average Bonchev–Trinajstić information content (AvgIpc) is 3.31. The molecular formula is C17H27N5O3. The fraction of sp³-hybridized carbons (Fsp3) is 0.706. The molecule has 1 aromatic heterocycles. The van der Waals surface area contributed by atoms with Crippen molar-refractivity contribution >= 4 is 11.8 Å². The van der Waals surface area contributed by atoms with Crippen molar-refractivity contribution in [3.05, 3.63) is 12.4 Å². The van der Waals surface area contributed by atoms with E-state index >= 15 is 0 Å². The summed E-state index contributed by atoms with van der Waals surface area (Å²) in [6.07, 6.45) is 5.57. The quantitative estimate of drug-likeness (QED) is 0.747. The van der Waals surface area contributed by atoms with Crippen LogP contribution < -0.4 is 15.0 Å². The second-order valence-electron chi connectivity index (χ2n) is 6.46. The molecule has 1 N–H and O–H groups in total. The molecule has 2 aliphatic heterocycles. The van der Waals surface area contributed by atoms with Crippen molar-refractivity contribution in [3.8, 4) is 5.88 Å². The Morgan fingerprint density at radius 1 is 1.32 bits per heavy atom. The average molecular weight is 349 g/mol. The number of urea groups is 1. The number of aromatic nitrogens is 2. The van der Waals surface area contributed by atoms with Crippen molar-refractivity contribution in [1.82, 2.24) is 20.2 Å². The molecule has 0 radical (unpaired) electrons. The van der Waals surface area contributed by atoms with E-state index in [4.69, 9.17) is 9.47 Å². The number of hydrogen-bond acceptors (Lipinski definition) is 6. The molecule has 0 bridgehead atoms. The van der Waals surface area contributed by atoms with Gasteiger partial charge in [0.1, 0.15) is 18.2 Å².